The van der Waals surface area contributed by atoms with E-state index in [0.717, 1.165) is 0 Å². The van der Waals surface area contributed by atoms with E-state index in [9.17, 15) is 26.3 Å². The molecule has 0 rings (SSSR count). The Morgan fingerprint density at radius 3 is 0.889 bits per heavy atom. The van der Waals surface area contributed by atoms with Crippen molar-refractivity contribution in [3.05, 3.63) is 0 Å². The van der Waals surface area contributed by atoms with Gasteiger partial charge in [-0.25, -0.2) is 0 Å². The summed E-state index contributed by atoms with van der Waals surface area (Å²) in [5.41, 5.74) is 0. The van der Waals surface area contributed by atoms with E-state index in [2.05, 4.69) is 0 Å². The van der Waals surface area contributed by atoms with Crippen LogP contribution in [0, 0.1) is 0 Å². The summed E-state index contributed by atoms with van der Waals surface area (Å²) in [6.45, 7) is 0. The van der Waals surface area contributed by atoms with Crippen LogP contribution in [0.4, 0.5) is 26.3 Å². The molecule has 56 valence electrons. The normalized spacial score (nSPS) is 14.0. The van der Waals surface area contributed by atoms with Gasteiger partial charge in [-0.2, -0.15) is 0 Å². The van der Waals surface area contributed by atoms with Crippen LogP contribution < -0.4 is 0 Å². The molecule has 0 N–H and O–H groups in total. The van der Waals surface area contributed by atoms with Crippen LogP contribution in [0.25, 0.3) is 0 Å². The molecule has 0 unspecified atom stereocenters. The van der Waals surface area contributed by atoms with Gasteiger partial charge in [0.05, 0.1) is 0 Å². The molecule has 0 atom stereocenters. The Hall–Kier alpha value is 0.0995. The molecule has 0 saturated heterocycles. The maximum atomic E-state index is 10.9. The molecule has 0 aliphatic carbocycles. The van der Waals surface area contributed by atoms with Crippen molar-refractivity contribution in [2.45, 2.75) is 10.1 Å². The van der Waals surface area contributed by atoms with Gasteiger partial charge in [-0.15, -0.1) is 0 Å². The summed E-state index contributed by atoms with van der Waals surface area (Å²) in [6.07, 6.45) is 0. The molecule has 0 radical (unpaired) electrons. The number of halogens is 6. The van der Waals surface area contributed by atoms with Gasteiger partial charge < -0.3 is 0 Å². The van der Waals surface area contributed by atoms with Gasteiger partial charge in [0.1, 0.15) is 0 Å². The third-order valence-corrected chi connectivity index (χ3v) is 1.20. The van der Waals surface area contributed by atoms with E-state index in [4.69, 9.17) is 0 Å². The van der Waals surface area contributed by atoms with Crippen molar-refractivity contribution >= 4 is 15.0 Å². The van der Waals surface area contributed by atoms with Gasteiger partial charge in [0.25, 0.3) is 0 Å². The fourth-order valence-electron chi connectivity index (χ4n) is 0.131. The van der Waals surface area contributed by atoms with Crippen LogP contribution in [-0.2, 0) is 0 Å². The van der Waals surface area contributed by atoms with E-state index in [1.54, 1.807) is 0 Å². The topological polar surface area (TPSA) is 0 Å². The van der Waals surface area contributed by atoms with Gasteiger partial charge in [0, 0.05) is 0 Å². The molecule has 0 bridgehead atoms. The SMILES string of the molecule is FC(F)(F)[Se]C(F)(F)F. The van der Waals surface area contributed by atoms with Gasteiger partial charge >= 0.3 is 51.4 Å². The van der Waals surface area contributed by atoms with Gasteiger partial charge in [-0.3, -0.25) is 0 Å². The third kappa shape index (κ3) is 8.10. The average molecular weight is 217 g/mol. The fourth-order valence-corrected chi connectivity index (χ4v) is 0.682. The zero-order valence-corrected chi connectivity index (χ0v) is 5.39. The number of rotatable bonds is 0. The Bertz CT molecular complexity index is 76.2. The van der Waals surface area contributed by atoms with E-state index in [1.807, 2.05) is 0 Å². The molecule has 7 heteroatoms. The predicted molar refractivity (Wildman–Crippen MR) is 17.9 cm³/mol. The summed E-state index contributed by atoms with van der Waals surface area (Å²) in [4.78, 5) is 0. The minimum atomic E-state index is -5.08. The second-order valence-corrected chi connectivity index (χ2v) is 3.36. The molecule has 0 aromatic rings. The molecule has 0 aliphatic heterocycles. The van der Waals surface area contributed by atoms with Crippen molar-refractivity contribution in [3.63, 3.8) is 0 Å². The molecule has 0 fully saturated rings. The number of alkyl halides is 6. The Labute approximate surface area is 52.4 Å². The Morgan fingerprint density at radius 1 is 0.667 bits per heavy atom. The summed E-state index contributed by atoms with van der Waals surface area (Å²) < 4.78 is 65.2. The molecule has 0 aromatic carbocycles. The standard InChI is InChI=1S/C2F6Se/c3-1(4,5)9-2(6,7)8. The van der Waals surface area contributed by atoms with Gasteiger partial charge in [0.2, 0.25) is 0 Å². The van der Waals surface area contributed by atoms with Crippen LogP contribution in [0.15, 0.2) is 0 Å². The maximum absolute atomic E-state index is 10.9. The van der Waals surface area contributed by atoms with Crippen molar-refractivity contribution in [3.8, 4) is 0 Å². The molecule has 0 aliphatic rings. The van der Waals surface area contributed by atoms with Crippen LogP contribution >= 0.6 is 0 Å². The van der Waals surface area contributed by atoms with Crippen molar-refractivity contribution in [1.82, 2.24) is 0 Å². The Morgan fingerprint density at radius 2 is 0.889 bits per heavy atom. The van der Waals surface area contributed by atoms with Crippen LogP contribution in [0.5, 0.6) is 0 Å². The van der Waals surface area contributed by atoms with E-state index >= 15 is 0 Å². The first-order valence-corrected chi connectivity index (χ1v) is 3.26. The zero-order valence-electron chi connectivity index (χ0n) is 3.68. The van der Waals surface area contributed by atoms with E-state index in [1.165, 1.54) is 0 Å². The monoisotopic (exact) mass is 218 g/mol. The van der Waals surface area contributed by atoms with Crippen LogP contribution in [0.1, 0.15) is 0 Å². The van der Waals surface area contributed by atoms with Crippen molar-refractivity contribution < 1.29 is 26.3 Å². The fraction of sp³-hybridized carbons (Fsp3) is 1.00. The van der Waals surface area contributed by atoms with E-state index in [-0.39, 0.29) is 0 Å². The van der Waals surface area contributed by atoms with Crippen LogP contribution in [0.3, 0.4) is 0 Å². The van der Waals surface area contributed by atoms with Crippen molar-refractivity contribution in [2.24, 2.45) is 0 Å². The summed E-state index contributed by atoms with van der Waals surface area (Å²) >= 11 is -3.25. The Balaban J connectivity index is 3.75. The quantitative estimate of drug-likeness (QED) is 0.428. The summed E-state index contributed by atoms with van der Waals surface area (Å²) in [6, 6.07) is 0. The van der Waals surface area contributed by atoms with Crippen molar-refractivity contribution in [2.75, 3.05) is 0 Å². The first-order valence-electron chi connectivity index (χ1n) is 1.54. The van der Waals surface area contributed by atoms with Crippen LogP contribution in [0.2, 0.25) is 0 Å². The second kappa shape index (κ2) is 2.38. The second-order valence-electron chi connectivity index (χ2n) is 0.994. The summed E-state index contributed by atoms with van der Waals surface area (Å²) in [5, 5.41) is -10.2. The summed E-state index contributed by atoms with van der Waals surface area (Å²) in [5.74, 6) is 0. The molecule has 0 saturated carbocycles. The number of hydrogen-bond donors (Lipinski definition) is 0. The van der Waals surface area contributed by atoms with Gasteiger partial charge in [0.15, 0.2) is 0 Å². The van der Waals surface area contributed by atoms with Crippen LogP contribution in [-0.4, -0.2) is 25.1 Å². The Kier molecular flexibility index (Phi) is 2.41. The molecular weight excluding hydrogens is 217 g/mol. The van der Waals surface area contributed by atoms with Gasteiger partial charge in [-0.05, 0) is 0 Å². The molecular formula is C2F6Se. The average Bonchev–Trinajstić information content (AvgIpc) is 1.14. The molecule has 0 aromatic heterocycles. The first-order chi connectivity index (χ1) is 3.71. The molecule has 0 amide bonds. The van der Waals surface area contributed by atoms with Gasteiger partial charge in [-0.1, -0.05) is 0 Å². The predicted octanol–water partition coefficient (Wildman–Crippen LogP) is 1.73. The van der Waals surface area contributed by atoms with Crippen molar-refractivity contribution in [1.29, 1.82) is 0 Å². The molecule has 9 heavy (non-hydrogen) atoms. The minimum absolute atomic E-state index is 3.25. The zero-order chi connectivity index (χ0) is 7.71. The third-order valence-electron chi connectivity index (χ3n) is 0.231. The van der Waals surface area contributed by atoms with E-state index < -0.39 is 25.1 Å². The van der Waals surface area contributed by atoms with E-state index in [0.29, 0.717) is 0 Å². The number of hydrogen-bond acceptors (Lipinski definition) is 0. The molecule has 0 heterocycles. The molecule has 0 nitrogen and oxygen atoms in total. The summed E-state index contributed by atoms with van der Waals surface area (Å²) in [7, 11) is 0. The molecule has 0 spiro atoms. The first kappa shape index (κ1) is 9.10.